The van der Waals surface area contributed by atoms with Crippen LogP contribution in [0.5, 0.6) is 0 Å². The number of carbonyl (C=O) groups excluding carboxylic acids is 2. The van der Waals surface area contributed by atoms with E-state index in [0.29, 0.717) is 18.7 Å². The zero-order valence-corrected chi connectivity index (χ0v) is 12.2. The van der Waals surface area contributed by atoms with Gasteiger partial charge in [0.1, 0.15) is 10.9 Å². The number of carboxylic acid groups (broad SMARTS) is 1. The lowest BCUT2D eigenvalue weighted by Crippen LogP contribution is -2.43. The minimum Gasteiger partial charge on any atom is -0.477 e. The fourth-order valence-electron chi connectivity index (χ4n) is 2.66. The molecule has 1 saturated carbocycles. The number of carbonyl (C=O) groups is 3. The second kappa shape index (κ2) is 5.48. The molecule has 0 bridgehead atoms. The van der Waals surface area contributed by atoms with Crippen LogP contribution in [0.1, 0.15) is 35.4 Å². The molecule has 0 aromatic carbocycles. The first-order valence-electron chi connectivity index (χ1n) is 7.00. The number of amides is 2. The molecular weight excluding hydrogens is 292 g/mol. The first-order chi connectivity index (χ1) is 10.1. The van der Waals surface area contributed by atoms with Gasteiger partial charge in [-0.3, -0.25) is 9.59 Å². The summed E-state index contributed by atoms with van der Waals surface area (Å²) in [6.07, 6.45) is 3.28. The number of hydrogen-bond donors (Lipinski definition) is 2. The van der Waals surface area contributed by atoms with Gasteiger partial charge >= 0.3 is 5.97 Å². The summed E-state index contributed by atoms with van der Waals surface area (Å²) in [5.74, 6) is -1.19. The molecule has 0 spiro atoms. The molecule has 2 amide bonds. The van der Waals surface area contributed by atoms with E-state index in [4.69, 9.17) is 5.11 Å². The van der Waals surface area contributed by atoms with Crippen molar-refractivity contribution in [1.29, 1.82) is 0 Å². The van der Waals surface area contributed by atoms with Gasteiger partial charge in [-0.25, -0.2) is 4.79 Å². The lowest BCUT2D eigenvalue weighted by Gasteiger charge is -2.23. The molecule has 1 atom stereocenters. The van der Waals surface area contributed by atoms with E-state index in [0.717, 1.165) is 30.6 Å². The van der Waals surface area contributed by atoms with Gasteiger partial charge in [-0.15, -0.1) is 11.3 Å². The van der Waals surface area contributed by atoms with Crippen LogP contribution in [0.25, 0.3) is 0 Å². The Kier molecular flexibility index (Phi) is 3.67. The summed E-state index contributed by atoms with van der Waals surface area (Å²) < 4.78 is 0. The predicted molar refractivity (Wildman–Crippen MR) is 77.4 cm³/mol. The molecule has 6 nitrogen and oxygen atoms in total. The third kappa shape index (κ3) is 2.78. The zero-order valence-electron chi connectivity index (χ0n) is 11.4. The molecular formula is C14H16N2O4S. The molecule has 2 aliphatic rings. The van der Waals surface area contributed by atoms with Gasteiger partial charge in [-0.05, 0) is 37.1 Å². The van der Waals surface area contributed by atoms with Crippen molar-refractivity contribution in [3.63, 3.8) is 0 Å². The van der Waals surface area contributed by atoms with E-state index in [2.05, 4.69) is 5.32 Å². The van der Waals surface area contributed by atoms with Crippen LogP contribution >= 0.6 is 11.3 Å². The molecule has 3 rings (SSSR count). The Morgan fingerprint density at radius 3 is 2.71 bits per heavy atom. The number of rotatable bonds is 4. The van der Waals surface area contributed by atoms with Crippen LogP contribution in [0.2, 0.25) is 0 Å². The van der Waals surface area contributed by atoms with Crippen LogP contribution in [0.3, 0.4) is 0 Å². The molecule has 1 saturated heterocycles. The molecule has 21 heavy (non-hydrogen) atoms. The van der Waals surface area contributed by atoms with Gasteiger partial charge in [0.2, 0.25) is 11.8 Å². The number of nitrogens with zero attached hydrogens (tertiary/aromatic N) is 1. The van der Waals surface area contributed by atoms with E-state index in [1.54, 1.807) is 16.3 Å². The normalized spacial score (nSPS) is 21.3. The van der Waals surface area contributed by atoms with Crippen LogP contribution in [0, 0.1) is 5.92 Å². The van der Waals surface area contributed by atoms with Crippen molar-refractivity contribution >= 4 is 34.8 Å². The minimum absolute atomic E-state index is 0.0661. The Balaban J connectivity index is 1.70. The summed E-state index contributed by atoms with van der Waals surface area (Å²) >= 11 is 1.07. The van der Waals surface area contributed by atoms with Crippen LogP contribution in [0.4, 0.5) is 5.69 Å². The van der Waals surface area contributed by atoms with Crippen LogP contribution in [0.15, 0.2) is 11.4 Å². The summed E-state index contributed by atoms with van der Waals surface area (Å²) in [5.41, 5.74) is 0.309. The summed E-state index contributed by atoms with van der Waals surface area (Å²) in [7, 11) is 0. The lowest BCUT2D eigenvalue weighted by atomic mass is 10.2. The number of thiophene rings is 1. The van der Waals surface area contributed by atoms with Gasteiger partial charge in [0.15, 0.2) is 0 Å². The van der Waals surface area contributed by atoms with Gasteiger partial charge < -0.3 is 15.3 Å². The van der Waals surface area contributed by atoms with E-state index < -0.39 is 12.0 Å². The smallest absolute Gasteiger partial charge is 0.348 e. The average Bonchev–Trinajstić information content (AvgIpc) is 3.00. The maximum atomic E-state index is 12.4. The Hall–Kier alpha value is -1.89. The van der Waals surface area contributed by atoms with E-state index in [9.17, 15) is 14.4 Å². The van der Waals surface area contributed by atoms with Gasteiger partial charge in [0.25, 0.3) is 0 Å². The molecule has 0 radical (unpaired) electrons. The number of hydrogen-bond acceptors (Lipinski definition) is 4. The highest BCUT2D eigenvalue weighted by Crippen LogP contribution is 2.34. The molecule has 2 fully saturated rings. The molecule has 2 N–H and O–H groups in total. The third-order valence-corrected chi connectivity index (χ3v) is 4.78. The summed E-state index contributed by atoms with van der Waals surface area (Å²) in [5, 5.41) is 13.3. The van der Waals surface area contributed by atoms with Crippen LogP contribution in [-0.4, -0.2) is 40.4 Å². The molecule has 7 heteroatoms. The van der Waals surface area contributed by atoms with Crippen molar-refractivity contribution in [2.45, 2.75) is 31.7 Å². The number of nitrogens with one attached hydrogen (secondary N) is 1. The second-order valence-electron chi connectivity index (χ2n) is 5.42. The quantitative estimate of drug-likeness (QED) is 0.887. The summed E-state index contributed by atoms with van der Waals surface area (Å²) in [6, 6.07) is 1.10. The standard InChI is InChI=1S/C14H16N2O4S/c17-12(15-9-5-7-21-11(9)14(19)20)10-2-1-6-16(10)13(18)8-3-4-8/h5,7-8,10H,1-4,6H2,(H,15,17)(H,19,20). The number of anilines is 1. The van der Waals surface area contributed by atoms with Gasteiger partial charge in [-0.1, -0.05) is 0 Å². The summed E-state index contributed by atoms with van der Waals surface area (Å²) in [4.78, 5) is 37.3. The van der Waals surface area contributed by atoms with E-state index in [1.165, 1.54) is 0 Å². The number of aromatic carboxylic acids is 1. The molecule has 1 aromatic rings. The van der Waals surface area contributed by atoms with Gasteiger partial charge in [-0.2, -0.15) is 0 Å². The van der Waals surface area contributed by atoms with Crippen molar-refractivity contribution in [3.05, 3.63) is 16.3 Å². The predicted octanol–water partition coefficient (Wildman–Crippen LogP) is 1.79. The molecule has 1 aliphatic heterocycles. The molecule has 2 heterocycles. The maximum absolute atomic E-state index is 12.4. The second-order valence-corrected chi connectivity index (χ2v) is 6.34. The Labute approximate surface area is 125 Å². The molecule has 112 valence electrons. The minimum atomic E-state index is -1.06. The van der Waals surface area contributed by atoms with Gasteiger partial charge in [0.05, 0.1) is 5.69 Å². The Morgan fingerprint density at radius 2 is 2.05 bits per heavy atom. The average molecular weight is 308 g/mol. The van der Waals surface area contributed by atoms with E-state index in [1.807, 2.05) is 0 Å². The van der Waals surface area contributed by atoms with Gasteiger partial charge in [0, 0.05) is 12.5 Å². The number of likely N-dealkylation sites (tertiary alicyclic amines) is 1. The largest absolute Gasteiger partial charge is 0.477 e. The molecule has 1 aromatic heterocycles. The SMILES string of the molecule is O=C(O)c1sccc1NC(=O)C1CCCN1C(=O)C1CC1. The van der Waals surface area contributed by atoms with E-state index in [-0.39, 0.29) is 22.6 Å². The fourth-order valence-corrected chi connectivity index (χ4v) is 3.34. The zero-order chi connectivity index (χ0) is 15.0. The first-order valence-corrected chi connectivity index (χ1v) is 7.88. The van der Waals surface area contributed by atoms with Crippen molar-refractivity contribution < 1.29 is 19.5 Å². The first kappa shape index (κ1) is 14.1. The fraction of sp³-hybridized carbons (Fsp3) is 0.500. The monoisotopic (exact) mass is 308 g/mol. The van der Waals surface area contributed by atoms with E-state index >= 15 is 0 Å². The van der Waals surface area contributed by atoms with Crippen LogP contribution in [-0.2, 0) is 9.59 Å². The highest BCUT2D eigenvalue weighted by atomic mass is 32.1. The van der Waals surface area contributed by atoms with Crippen molar-refractivity contribution in [2.24, 2.45) is 5.92 Å². The van der Waals surface area contributed by atoms with Crippen LogP contribution < -0.4 is 5.32 Å². The van der Waals surface area contributed by atoms with Crippen molar-refractivity contribution in [2.75, 3.05) is 11.9 Å². The van der Waals surface area contributed by atoms with Crippen molar-refractivity contribution in [1.82, 2.24) is 4.90 Å². The Morgan fingerprint density at radius 1 is 1.29 bits per heavy atom. The topological polar surface area (TPSA) is 86.7 Å². The number of carboxylic acids is 1. The molecule has 1 aliphatic carbocycles. The highest BCUT2D eigenvalue weighted by Gasteiger charge is 2.41. The Bertz CT molecular complexity index is 594. The third-order valence-electron chi connectivity index (χ3n) is 3.88. The highest BCUT2D eigenvalue weighted by molar-refractivity contribution is 7.12. The maximum Gasteiger partial charge on any atom is 0.348 e. The van der Waals surface area contributed by atoms with Crippen molar-refractivity contribution in [3.8, 4) is 0 Å². The molecule has 1 unspecified atom stereocenters. The summed E-state index contributed by atoms with van der Waals surface area (Å²) in [6.45, 7) is 0.614. The lowest BCUT2D eigenvalue weighted by molar-refractivity contribution is -0.137.